The third kappa shape index (κ3) is 2.90. The Hall–Kier alpha value is -1.74. The van der Waals surface area contributed by atoms with Gasteiger partial charge in [-0.05, 0) is 13.2 Å². The zero-order chi connectivity index (χ0) is 7.28. The molecule has 0 spiro atoms. The zero-order valence-corrected chi connectivity index (χ0v) is 4.72. The molecule has 0 aromatic carbocycles. The lowest BCUT2D eigenvalue weighted by atomic mass is 10.6. The summed E-state index contributed by atoms with van der Waals surface area (Å²) in [6.45, 7) is 6.33. The van der Waals surface area contributed by atoms with Crippen LogP contribution in [0, 0.1) is 22.7 Å². The maximum atomic E-state index is 8.05. The van der Waals surface area contributed by atoms with Crippen LogP contribution in [-0.4, -0.2) is 0 Å². The molecule has 3 heteroatoms. The first-order valence-corrected chi connectivity index (χ1v) is 2.06. The quantitative estimate of drug-likeness (QED) is 0.404. The van der Waals surface area contributed by atoms with Gasteiger partial charge in [0.2, 0.25) is 0 Å². The Balaban J connectivity index is 3.82. The molecule has 0 N–H and O–H groups in total. The molecule has 0 aromatic heterocycles. The van der Waals surface area contributed by atoms with E-state index in [9.17, 15) is 0 Å². The summed E-state index contributed by atoms with van der Waals surface area (Å²) < 4.78 is 4.44. The monoisotopic (exact) mass is 120 g/mol. The van der Waals surface area contributed by atoms with Crippen molar-refractivity contribution in [1.82, 2.24) is 0 Å². The number of rotatable bonds is 2. The molecule has 0 saturated carbocycles. The van der Waals surface area contributed by atoms with Crippen LogP contribution in [0.25, 0.3) is 0 Å². The molecular formula is C6H4N2O. The summed E-state index contributed by atoms with van der Waals surface area (Å²) in [5.41, 5.74) is 0. The molecule has 0 atom stereocenters. The Labute approximate surface area is 53.1 Å². The molecule has 0 rings (SSSR count). The maximum absolute atomic E-state index is 8.05. The minimum Gasteiger partial charge on any atom is -0.436 e. The Morgan fingerprint density at radius 2 is 1.44 bits per heavy atom. The lowest BCUT2D eigenvalue weighted by Crippen LogP contribution is -1.83. The van der Waals surface area contributed by atoms with E-state index in [0.29, 0.717) is 0 Å². The molecule has 0 unspecified atom stereocenters. The van der Waals surface area contributed by atoms with Crippen LogP contribution in [0.3, 0.4) is 0 Å². The Morgan fingerprint density at radius 3 is 1.67 bits per heavy atom. The molecule has 0 amide bonds. The lowest BCUT2D eigenvalue weighted by Gasteiger charge is -1.93. The molecule has 0 aliphatic carbocycles. The van der Waals surface area contributed by atoms with E-state index in [1.165, 1.54) is 0 Å². The van der Waals surface area contributed by atoms with Crippen molar-refractivity contribution in [3.63, 3.8) is 0 Å². The number of hydrogen-bond donors (Lipinski definition) is 0. The van der Waals surface area contributed by atoms with Gasteiger partial charge < -0.3 is 4.74 Å². The smallest absolute Gasteiger partial charge is 0.197 e. The number of nitrogens with zero attached hydrogens (tertiary/aromatic N) is 2. The highest BCUT2D eigenvalue weighted by Crippen LogP contribution is 1.97. The van der Waals surface area contributed by atoms with Crippen molar-refractivity contribution in [3.8, 4) is 12.1 Å². The third-order valence-corrected chi connectivity index (χ3v) is 0.496. The van der Waals surface area contributed by atoms with Crippen LogP contribution < -0.4 is 0 Å². The van der Waals surface area contributed by atoms with Gasteiger partial charge in [-0.1, -0.05) is 0 Å². The predicted molar refractivity (Wildman–Crippen MR) is 30.6 cm³/mol. The summed E-state index contributed by atoms with van der Waals surface area (Å²) >= 11 is 0. The van der Waals surface area contributed by atoms with Crippen molar-refractivity contribution in [2.75, 3.05) is 0 Å². The van der Waals surface area contributed by atoms with Crippen LogP contribution in [-0.2, 0) is 4.74 Å². The SMILES string of the molecule is C=C(C#N)OC(=C)C#N. The van der Waals surface area contributed by atoms with Crippen LogP contribution in [0.2, 0.25) is 0 Å². The van der Waals surface area contributed by atoms with E-state index < -0.39 is 0 Å². The highest BCUT2D eigenvalue weighted by Gasteiger charge is 1.92. The van der Waals surface area contributed by atoms with Crippen molar-refractivity contribution >= 4 is 0 Å². The van der Waals surface area contributed by atoms with E-state index in [4.69, 9.17) is 10.5 Å². The molecule has 0 saturated heterocycles. The summed E-state index contributed by atoms with van der Waals surface area (Å²) in [5, 5.41) is 16.1. The van der Waals surface area contributed by atoms with Crippen LogP contribution >= 0.6 is 0 Å². The van der Waals surface area contributed by atoms with Gasteiger partial charge in [-0.3, -0.25) is 0 Å². The zero-order valence-electron chi connectivity index (χ0n) is 4.72. The summed E-state index contributed by atoms with van der Waals surface area (Å²) in [7, 11) is 0. The highest BCUT2D eigenvalue weighted by atomic mass is 16.5. The molecule has 0 aliphatic rings. The number of ether oxygens (including phenoxy) is 1. The van der Waals surface area contributed by atoms with E-state index >= 15 is 0 Å². The van der Waals surface area contributed by atoms with Crippen LogP contribution in [0.1, 0.15) is 0 Å². The second kappa shape index (κ2) is 3.29. The first kappa shape index (κ1) is 7.26. The summed E-state index contributed by atoms with van der Waals surface area (Å²) in [5.74, 6) is -0.247. The van der Waals surface area contributed by atoms with Gasteiger partial charge in [0, 0.05) is 0 Å². The van der Waals surface area contributed by atoms with Gasteiger partial charge in [0.1, 0.15) is 12.1 Å². The van der Waals surface area contributed by atoms with Gasteiger partial charge in [0.15, 0.2) is 11.5 Å². The minimum atomic E-state index is -0.124. The molecular weight excluding hydrogens is 116 g/mol. The van der Waals surface area contributed by atoms with Gasteiger partial charge in [-0.15, -0.1) is 0 Å². The van der Waals surface area contributed by atoms with Gasteiger partial charge in [0.05, 0.1) is 0 Å². The van der Waals surface area contributed by atoms with Gasteiger partial charge in [-0.2, -0.15) is 10.5 Å². The molecule has 9 heavy (non-hydrogen) atoms. The largest absolute Gasteiger partial charge is 0.436 e. The van der Waals surface area contributed by atoms with Crippen molar-refractivity contribution in [3.05, 3.63) is 24.7 Å². The van der Waals surface area contributed by atoms with Gasteiger partial charge >= 0.3 is 0 Å². The fourth-order valence-corrected chi connectivity index (χ4v) is 0.194. The van der Waals surface area contributed by atoms with Crippen molar-refractivity contribution in [2.45, 2.75) is 0 Å². The molecule has 0 radical (unpaired) electrons. The van der Waals surface area contributed by atoms with E-state index in [2.05, 4.69) is 17.9 Å². The Kier molecular flexibility index (Phi) is 2.65. The van der Waals surface area contributed by atoms with Crippen molar-refractivity contribution < 1.29 is 4.74 Å². The Bertz CT molecular complexity index is 192. The average molecular weight is 120 g/mol. The standard InChI is InChI=1S/C6H4N2O/c1-5(3-7)9-6(2)4-8/h1-2H2. The molecule has 0 aromatic rings. The van der Waals surface area contributed by atoms with Crippen LogP contribution in [0.5, 0.6) is 0 Å². The molecule has 0 heterocycles. The second-order valence-electron chi connectivity index (χ2n) is 1.17. The van der Waals surface area contributed by atoms with Gasteiger partial charge in [0.25, 0.3) is 0 Å². The predicted octanol–water partition coefficient (Wildman–Crippen LogP) is 1.08. The van der Waals surface area contributed by atoms with E-state index in [1.807, 2.05) is 0 Å². The molecule has 0 bridgehead atoms. The highest BCUT2D eigenvalue weighted by molar-refractivity contribution is 5.16. The van der Waals surface area contributed by atoms with Crippen molar-refractivity contribution in [2.24, 2.45) is 0 Å². The van der Waals surface area contributed by atoms with Crippen LogP contribution in [0.4, 0.5) is 0 Å². The second-order valence-corrected chi connectivity index (χ2v) is 1.17. The average Bonchev–Trinajstić information content (AvgIpc) is 1.87. The van der Waals surface area contributed by atoms with Crippen LogP contribution in [0.15, 0.2) is 24.7 Å². The van der Waals surface area contributed by atoms with Crippen molar-refractivity contribution in [1.29, 1.82) is 10.5 Å². The normalized spacial score (nSPS) is 6.44. The molecule has 0 fully saturated rings. The topological polar surface area (TPSA) is 56.8 Å². The summed E-state index contributed by atoms with van der Waals surface area (Å²) in [6, 6.07) is 3.20. The molecule has 0 aliphatic heterocycles. The van der Waals surface area contributed by atoms with Gasteiger partial charge in [-0.25, -0.2) is 0 Å². The van der Waals surface area contributed by atoms with E-state index in [0.717, 1.165) is 0 Å². The van der Waals surface area contributed by atoms with E-state index in [-0.39, 0.29) is 11.5 Å². The maximum Gasteiger partial charge on any atom is 0.197 e. The summed E-state index contributed by atoms with van der Waals surface area (Å²) in [4.78, 5) is 0. The number of hydrogen-bond acceptors (Lipinski definition) is 3. The lowest BCUT2D eigenvalue weighted by molar-refractivity contribution is 0.347. The molecule has 44 valence electrons. The molecule has 3 nitrogen and oxygen atoms in total. The fraction of sp³-hybridized carbons (Fsp3) is 0. The number of nitriles is 2. The third-order valence-electron chi connectivity index (χ3n) is 0.496. The number of allylic oxidation sites excluding steroid dienone is 2. The Morgan fingerprint density at radius 1 is 1.11 bits per heavy atom. The fourth-order valence-electron chi connectivity index (χ4n) is 0.194. The first-order valence-electron chi connectivity index (χ1n) is 2.06. The minimum absolute atomic E-state index is 0.124. The van der Waals surface area contributed by atoms with E-state index in [1.54, 1.807) is 12.1 Å². The first-order chi connectivity index (χ1) is 4.20. The summed E-state index contributed by atoms with van der Waals surface area (Å²) in [6.07, 6.45) is 0.